The molecule has 0 spiro atoms. The Balaban J connectivity index is 3.07. The quantitative estimate of drug-likeness (QED) is 0.748. The van der Waals surface area contributed by atoms with Crippen LogP contribution in [0.5, 0.6) is 5.75 Å². The van der Waals surface area contributed by atoms with Crippen LogP contribution in [0.15, 0.2) is 18.2 Å². The van der Waals surface area contributed by atoms with Crippen LogP contribution in [-0.4, -0.2) is 16.8 Å². The summed E-state index contributed by atoms with van der Waals surface area (Å²) in [6, 6.07) is 2.39. The molecule has 0 aromatic heterocycles. The van der Waals surface area contributed by atoms with Gasteiger partial charge in [0.05, 0.1) is 5.56 Å². The summed E-state index contributed by atoms with van der Waals surface area (Å²) in [5.74, 6) is -0.826. The smallest absolute Gasteiger partial charge is 0.419 e. The monoisotopic (exact) mass is 235 g/mol. The molecule has 4 N–H and O–H groups in total. The minimum atomic E-state index is -4.61. The van der Waals surface area contributed by atoms with E-state index in [4.69, 9.17) is 15.9 Å². The lowest BCUT2D eigenvalue weighted by atomic mass is 10.0. The number of aromatic hydroxyl groups is 1. The van der Waals surface area contributed by atoms with Crippen molar-refractivity contribution in [3.63, 3.8) is 0 Å². The van der Waals surface area contributed by atoms with Crippen LogP contribution in [0.2, 0.25) is 0 Å². The van der Waals surface area contributed by atoms with E-state index in [0.29, 0.717) is 0 Å². The number of alkyl halides is 3. The highest BCUT2D eigenvalue weighted by Crippen LogP contribution is 2.36. The molecule has 1 unspecified atom stereocenters. The molecule has 0 aliphatic heterocycles. The van der Waals surface area contributed by atoms with Crippen LogP contribution in [-0.2, 0) is 6.18 Å². The molecule has 0 radical (unpaired) electrons. The molecular formula is C10H12F3NO2. The lowest BCUT2D eigenvalue weighted by Gasteiger charge is -2.14. The number of rotatable bonds is 3. The number of phenols is 1. The molecule has 0 saturated carbocycles. The number of aliphatic hydroxyl groups excluding tert-OH is 1. The van der Waals surface area contributed by atoms with Crippen molar-refractivity contribution in [1.82, 2.24) is 0 Å². The van der Waals surface area contributed by atoms with Gasteiger partial charge in [0.2, 0.25) is 0 Å². The largest absolute Gasteiger partial charge is 0.507 e. The van der Waals surface area contributed by atoms with Crippen LogP contribution in [0.1, 0.15) is 23.6 Å². The topological polar surface area (TPSA) is 66.5 Å². The molecule has 1 aromatic rings. The zero-order valence-electron chi connectivity index (χ0n) is 8.33. The zero-order chi connectivity index (χ0) is 12.3. The van der Waals surface area contributed by atoms with Crippen LogP contribution in [0.25, 0.3) is 0 Å². The zero-order valence-corrected chi connectivity index (χ0v) is 8.33. The van der Waals surface area contributed by atoms with E-state index in [1.54, 1.807) is 0 Å². The van der Waals surface area contributed by atoms with Crippen molar-refractivity contribution in [3.05, 3.63) is 29.3 Å². The minimum Gasteiger partial charge on any atom is -0.507 e. The van der Waals surface area contributed by atoms with E-state index in [-0.39, 0.29) is 18.6 Å². The summed E-state index contributed by atoms with van der Waals surface area (Å²) in [4.78, 5) is 0. The Kier molecular flexibility index (Phi) is 3.77. The van der Waals surface area contributed by atoms with Gasteiger partial charge in [-0.1, -0.05) is 6.07 Å². The van der Waals surface area contributed by atoms with E-state index < -0.39 is 23.5 Å². The molecular weight excluding hydrogens is 223 g/mol. The molecule has 16 heavy (non-hydrogen) atoms. The summed E-state index contributed by atoms with van der Waals surface area (Å²) < 4.78 is 37.3. The van der Waals surface area contributed by atoms with Gasteiger partial charge in [0.25, 0.3) is 0 Å². The Bertz CT molecular complexity index is 366. The second-order valence-corrected chi connectivity index (χ2v) is 3.39. The summed E-state index contributed by atoms with van der Waals surface area (Å²) in [7, 11) is 0. The predicted octanol–water partition coefficient (Wildman–Crippen LogP) is 1.79. The van der Waals surface area contributed by atoms with E-state index in [1.807, 2.05) is 0 Å². The first-order chi connectivity index (χ1) is 7.36. The molecule has 6 heteroatoms. The molecule has 0 amide bonds. The fourth-order valence-electron chi connectivity index (χ4n) is 1.32. The molecule has 1 aromatic carbocycles. The number of nitrogens with two attached hydrogens (primary N) is 1. The third-order valence-corrected chi connectivity index (χ3v) is 2.19. The highest BCUT2D eigenvalue weighted by atomic mass is 19.4. The van der Waals surface area contributed by atoms with E-state index in [0.717, 1.165) is 12.1 Å². The SMILES string of the molecule is NC(CCO)c1ccc(O)c(C(F)(F)F)c1. The number of benzene rings is 1. The van der Waals surface area contributed by atoms with E-state index in [9.17, 15) is 13.2 Å². The van der Waals surface area contributed by atoms with Gasteiger partial charge in [0.15, 0.2) is 0 Å². The van der Waals surface area contributed by atoms with Crippen LogP contribution >= 0.6 is 0 Å². The normalized spacial score (nSPS) is 13.8. The molecule has 0 aliphatic rings. The maximum atomic E-state index is 12.4. The van der Waals surface area contributed by atoms with Crippen molar-refractivity contribution >= 4 is 0 Å². The van der Waals surface area contributed by atoms with E-state index in [2.05, 4.69) is 0 Å². The number of phenolic OH excluding ortho intramolecular Hbond substituents is 1. The third-order valence-electron chi connectivity index (χ3n) is 2.19. The maximum absolute atomic E-state index is 12.4. The minimum absolute atomic E-state index is 0.169. The van der Waals surface area contributed by atoms with Gasteiger partial charge in [-0.2, -0.15) is 13.2 Å². The van der Waals surface area contributed by atoms with Gasteiger partial charge in [-0.25, -0.2) is 0 Å². The Hall–Kier alpha value is -1.27. The predicted molar refractivity (Wildman–Crippen MR) is 51.7 cm³/mol. The first-order valence-electron chi connectivity index (χ1n) is 4.63. The molecule has 1 rings (SSSR count). The van der Waals surface area contributed by atoms with Gasteiger partial charge in [-0.15, -0.1) is 0 Å². The number of halogens is 3. The molecule has 0 saturated heterocycles. The summed E-state index contributed by atoms with van der Waals surface area (Å²) in [5.41, 5.74) is 4.68. The molecule has 0 bridgehead atoms. The molecule has 0 fully saturated rings. The van der Waals surface area contributed by atoms with Gasteiger partial charge in [0, 0.05) is 12.6 Å². The van der Waals surface area contributed by atoms with Crippen LogP contribution in [0.3, 0.4) is 0 Å². The van der Waals surface area contributed by atoms with Crippen molar-refractivity contribution < 1.29 is 23.4 Å². The standard InChI is InChI=1S/C10H12F3NO2/c11-10(12,13)7-5-6(1-2-9(7)16)8(14)3-4-15/h1-2,5,8,15-16H,3-4,14H2. The summed E-state index contributed by atoms with van der Waals surface area (Å²) >= 11 is 0. The molecule has 3 nitrogen and oxygen atoms in total. The number of hydrogen-bond acceptors (Lipinski definition) is 3. The fraction of sp³-hybridized carbons (Fsp3) is 0.400. The fourth-order valence-corrected chi connectivity index (χ4v) is 1.32. The number of hydrogen-bond donors (Lipinski definition) is 3. The van der Waals surface area contributed by atoms with Crippen molar-refractivity contribution in [2.24, 2.45) is 5.73 Å². The van der Waals surface area contributed by atoms with Gasteiger partial charge in [0.1, 0.15) is 5.75 Å². The first kappa shape index (κ1) is 12.8. The van der Waals surface area contributed by atoms with Crippen LogP contribution < -0.4 is 5.73 Å². The lowest BCUT2D eigenvalue weighted by Crippen LogP contribution is -2.14. The first-order valence-corrected chi connectivity index (χ1v) is 4.63. The van der Waals surface area contributed by atoms with Gasteiger partial charge >= 0.3 is 6.18 Å². The van der Waals surface area contributed by atoms with Crippen LogP contribution in [0.4, 0.5) is 13.2 Å². The van der Waals surface area contributed by atoms with Gasteiger partial charge in [-0.05, 0) is 24.1 Å². The average Bonchev–Trinajstić information content (AvgIpc) is 2.16. The Morgan fingerprint density at radius 1 is 1.31 bits per heavy atom. The summed E-state index contributed by atoms with van der Waals surface area (Å²) in [6.45, 7) is -0.205. The number of aliphatic hydroxyl groups is 1. The molecule has 0 aliphatic carbocycles. The Morgan fingerprint density at radius 2 is 1.94 bits per heavy atom. The summed E-state index contributed by atoms with van der Waals surface area (Å²) in [5, 5.41) is 17.7. The second-order valence-electron chi connectivity index (χ2n) is 3.39. The highest BCUT2D eigenvalue weighted by molar-refractivity contribution is 5.39. The van der Waals surface area contributed by atoms with Crippen molar-refractivity contribution in [2.75, 3.05) is 6.61 Å². The summed E-state index contributed by atoms with van der Waals surface area (Å²) in [6.07, 6.45) is -4.44. The average molecular weight is 235 g/mol. The molecule has 1 atom stereocenters. The Labute approximate surface area is 90.3 Å². The maximum Gasteiger partial charge on any atom is 0.419 e. The van der Waals surface area contributed by atoms with Crippen molar-refractivity contribution in [2.45, 2.75) is 18.6 Å². The van der Waals surface area contributed by atoms with Crippen LogP contribution in [0, 0.1) is 0 Å². The lowest BCUT2D eigenvalue weighted by molar-refractivity contribution is -0.138. The third kappa shape index (κ3) is 2.86. The molecule has 0 heterocycles. The highest BCUT2D eigenvalue weighted by Gasteiger charge is 2.34. The van der Waals surface area contributed by atoms with Crippen molar-refractivity contribution in [3.8, 4) is 5.75 Å². The Morgan fingerprint density at radius 3 is 2.44 bits per heavy atom. The molecule has 90 valence electrons. The second kappa shape index (κ2) is 4.71. The van der Waals surface area contributed by atoms with E-state index in [1.165, 1.54) is 6.07 Å². The van der Waals surface area contributed by atoms with Gasteiger partial charge < -0.3 is 15.9 Å². The van der Waals surface area contributed by atoms with E-state index >= 15 is 0 Å². The van der Waals surface area contributed by atoms with Crippen molar-refractivity contribution in [1.29, 1.82) is 0 Å². The van der Waals surface area contributed by atoms with Gasteiger partial charge in [-0.3, -0.25) is 0 Å².